The number of aryl methyl sites for hydroxylation is 1. The first-order valence-electron chi connectivity index (χ1n) is 6.10. The van der Waals surface area contributed by atoms with Crippen LogP contribution in [0.4, 0.5) is 0 Å². The molecule has 0 aromatic carbocycles. The van der Waals surface area contributed by atoms with Gasteiger partial charge in [-0.1, -0.05) is 6.92 Å². The van der Waals surface area contributed by atoms with Gasteiger partial charge in [-0.25, -0.2) is 0 Å². The second-order valence-electron chi connectivity index (χ2n) is 4.00. The Labute approximate surface area is 106 Å². The highest BCUT2D eigenvalue weighted by atomic mass is 16.3. The Morgan fingerprint density at radius 2 is 2.22 bits per heavy atom. The Morgan fingerprint density at radius 1 is 1.50 bits per heavy atom. The molecule has 0 fully saturated rings. The lowest BCUT2D eigenvalue weighted by Crippen LogP contribution is -2.39. The number of rotatable bonds is 7. The number of hydrogen-bond acceptors (Lipinski definition) is 4. The maximum atomic E-state index is 11.8. The van der Waals surface area contributed by atoms with Crippen LogP contribution in [0, 0.1) is 0 Å². The Balaban J connectivity index is 2.63. The fourth-order valence-corrected chi connectivity index (χ4v) is 1.57. The lowest BCUT2D eigenvalue weighted by molar-refractivity contribution is -0.117. The third-order valence-corrected chi connectivity index (χ3v) is 2.73. The molecule has 0 radical (unpaired) electrons. The van der Waals surface area contributed by atoms with Gasteiger partial charge in [-0.05, 0) is 19.8 Å². The zero-order chi connectivity index (χ0) is 13.5. The SMILES string of the molecule is CCC(CCO)NC(=O)C(=O)c1cnn(CC)c1. The minimum absolute atomic E-state index is 0.0132. The van der Waals surface area contributed by atoms with Crippen LogP contribution in [0.15, 0.2) is 12.4 Å². The Morgan fingerprint density at radius 3 is 2.72 bits per heavy atom. The summed E-state index contributed by atoms with van der Waals surface area (Å²) in [7, 11) is 0. The smallest absolute Gasteiger partial charge is 0.292 e. The quantitative estimate of drug-likeness (QED) is 0.543. The van der Waals surface area contributed by atoms with Gasteiger partial charge >= 0.3 is 0 Å². The van der Waals surface area contributed by atoms with Crippen molar-refractivity contribution >= 4 is 11.7 Å². The summed E-state index contributed by atoms with van der Waals surface area (Å²) >= 11 is 0. The number of carbonyl (C=O) groups is 2. The molecule has 0 saturated carbocycles. The van der Waals surface area contributed by atoms with Crippen LogP contribution in [0.1, 0.15) is 37.0 Å². The summed E-state index contributed by atoms with van der Waals surface area (Å²) < 4.78 is 1.59. The maximum Gasteiger partial charge on any atom is 0.292 e. The summed E-state index contributed by atoms with van der Waals surface area (Å²) in [5, 5.41) is 15.4. The average Bonchev–Trinajstić information content (AvgIpc) is 2.85. The molecule has 0 aliphatic carbocycles. The highest BCUT2D eigenvalue weighted by Crippen LogP contribution is 2.02. The van der Waals surface area contributed by atoms with Gasteiger partial charge in [0, 0.05) is 25.4 Å². The molecule has 0 saturated heterocycles. The van der Waals surface area contributed by atoms with Gasteiger partial charge in [-0.2, -0.15) is 5.10 Å². The van der Waals surface area contributed by atoms with E-state index in [1.807, 2.05) is 13.8 Å². The topological polar surface area (TPSA) is 84.2 Å². The number of aromatic nitrogens is 2. The van der Waals surface area contributed by atoms with Crippen molar-refractivity contribution in [1.82, 2.24) is 15.1 Å². The minimum Gasteiger partial charge on any atom is -0.396 e. The van der Waals surface area contributed by atoms with Crippen LogP contribution in [0.2, 0.25) is 0 Å². The van der Waals surface area contributed by atoms with Crippen molar-refractivity contribution in [3.05, 3.63) is 18.0 Å². The molecule has 6 nitrogen and oxygen atoms in total. The number of nitrogens with one attached hydrogen (secondary N) is 1. The average molecular weight is 253 g/mol. The van der Waals surface area contributed by atoms with Gasteiger partial charge in [-0.15, -0.1) is 0 Å². The van der Waals surface area contributed by atoms with Gasteiger partial charge < -0.3 is 10.4 Å². The van der Waals surface area contributed by atoms with E-state index in [2.05, 4.69) is 10.4 Å². The lowest BCUT2D eigenvalue weighted by Gasteiger charge is -2.14. The molecule has 18 heavy (non-hydrogen) atoms. The Hall–Kier alpha value is -1.69. The number of aliphatic hydroxyl groups is 1. The molecule has 1 rings (SSSR count). The number of amides is 1. The summed E-state index contributed by atoms with van der Waals surface area (Å²) in [5.74, 6) is -1.24. The first-order valence-corrected chi connectivity index (χ1v) is 6.10. The summed E-state index contributed by atoms with van der Waals surface area (Å²) in [5.41, 5.74) is 0.285. The summed E-state index contributed by atoms with van der Waals surface area (Å²) in [6, 6.07) is -0.173. The van der Waals surface area contributed by atoms with E-state index in [0.717, 1.165) is 0 Å². The predicted octanol–water partition coefficient (Wildman–Crippen LogP) is 0.363. The fourth-order valence-electron chi connectivity index (χ4n) is 1.57. The number of aliphatic hydroxyl groups excluding tert-OH is 1. The molecule has 2 N–H and O–H groups in total. The van der Waals surface area contributed by atoms with Crippen molar-refractivity contribution in [2.24, 2.45) is 0 Å². The van der Waals surface area contributed by atoms with Crippen LogP contribution >= 0.6 is 0 Å². The van der Waals surface area contributed by atoms with Gasteiger partial charge in [-0.3, -0.25) is 14.3 Å². The van der Waals surface area contributed by atoms with Crippen molar-refractivity contribution in [1.29, 1.82) is 0 Å². The van der Waals surface area contributed by atoms with Crippen molar-refractivity contribution in [3.8, 4) is 0 Å². The number of ketones is 1. The van der Waals surface area contributed by atoms with Gasteiger partial charge in [0.2, 0.25) is 0 Å². The number of Topliss-reactive ketones (excluding diaryl/α,β-unsaturated/α-hetero) is 1. The van der Waals surface area contributed by atoms with Gasteiger partial charge in [0.05, 0.1) is 11.8 Å². The molecule has 0 aliphatic heterocycles. The second kappa shape index (κ2) is 6.90. The molecule has 1 unspecified atom stereocenters. The van der Waals surface area contributed by atoms with E-state index < -0.39 is 11.7 Å². The molecule has 6 heteroatoms. The number of carbonyl (C=O) groups excluding carboxylic acids is 2. The van der Waals surface area contributed by atoms with Crippen LogP contribution in [-0.2, 0) is 11.3 Å². The number of nitrogens with zero attached hydrogens (tertiary/aromatic N) is 2. The molecular weight excluding hydrogens is 234 g/mol. The molecule has 0 aliphatic rings. The lowest BCUT2D eigenvalue weighted by atomic mass is 10.1. The summed E-state index contributed by atoms with van der Waals surface area (Å²) in [6.45, 7) is 4.42. The predicted molar refractivity (Wildman–Crippen MR) is 66.2 cm³/mol. The fraction of sp³-hybridized carbons (Fsp3) is 0.583. The van der Waals surface area contributed by atoms with E-state index in [4.69, 9.17) is 5.11 Å². The highest BCUT2D eigenvalue weighted by molar-refractivity contribution is 6.42. The molecule has 1 atom stereocenters. The standard InChI is InChI=1S/C12H19N3O3/c1-3-10(5-6-16)14-12(18)11(17)9-7-13-15(4-2)8-9/h7-8,10,16H,3-6H2,1-2H3,(H,14,18). The van der Waals surface area contributed by atoms with Crippen LogP contribution in [0.5, 0.6) is 0 Å². The van der Waals surface area contributed by atoms with E-state index in [-0.39, 0.29) is 18.2 Å². The zero-order valence-corrected chi connectivity index (χ0v) is 10.7. The van der Waals surface area contributed by atoms with Gasteiger partial charge in [0.1, 0.15) is 0 Å². The molecular formula is C12H19N3O3. The van der Waals surface area contributed by atoms with Crippen molar-refractivity contribution < 1.29 is 14.7 Å². The third kappa shape index (κ3) is 3.66. The third-order valence-electron chi connectivity index (χ3n) is 2.73. The van der Waals surface area contributed by atoms with Crippen LogP contribution < -0.4 is 5.32 Å². The van der Waals surface area contributed by atoms with Crippen LogP contribution in [0.25, 0.3) is 0 Å². The van der Waals surface area contributed by atoms with Crippen LogP contribution in [-0.4, -0.2) is 39.2 Å². The van der Waals surface area contributed by atoms with E-state index in [1.54, 1.807) is 10.9 Å². The maximum absolute atomic E-state index is 11.8. The summed E-state index contributed by atoms with van der Waals surface area (Å²) in [6.07, 6.45) is 4.06. The molecule has 1 aromatic rings. The first kappa shape index (κ1) is 14.4. The molecule has 1 amide bonds. The molecule has 1 heterocycles. The van der Waals surface area contributed by atoms with Crippen molar-refractivity contribution in [2.45, 2.75) is 39.3 Å². The molecule has 0 spiro atoms. The van der Waals surface area contributed by atoms with E-state index in [0.29, 0.717) is 19.4 Å². The van der Waals surface area contributed by atoms with E-state index >= 15 is 0 Å². The van der Waals surface area contributed by atoms with Gasteiger partial charge in [0.25, 0.3) is 11.7 Å². The minimum atomic E-state index is -0.647. The Bertz CT molecular complexity index is 414. The second-order valence-corrected chi connectivity index (χ2v) is 4.00. The van der Waals surface area contributed by atoms with Crippen molar-refractivity contribution in [3.63, 3.8) is 0 Å². The van der Waals surface area contributed by atoms with E-state index in [9.17, 15) is 9.59 Å². The van der Waals surface area contributed by atoms with Gasteiger partial charge in [0.15, 0.2) is 0 Å². The largest absolute Gasteiger partial charge is 0.396 e. The zero-order valence-electron chi connectivity index (χ0n) is 10.7. The Kier molecular flexibility index (Phi) is 5.51. The monoisotopic (exact) mass is 253 g/mol. The highest BCUT2D eigenvalue weighted by Gasteiger charge is 2.20. The first-order chi connectivity index (χ1) is 8.62. The molecule has 100 valence electrons. The molecule has 1 aromatic heterocycles. The summed E-state index contributed by atoms with van der Waals surface area (Å²) in [4.78, 5) is 23.5. The van der Waals surface area contributed by atoms with Crippen LogP contribution in [0.3, 0.4) is 0 Å². The normalized spacial score (nSPS) is 12.2. The van der Waals surface area contributed by atoms with Crippen molar-refractivity contribution in [2.75, 3.05) is 6.61 Å². The number of hydrogen-bond donors (Lipinski definition) is 2. The van der Waals surface area contributed by atoms with E-state index in [1.165, 1.54) is 6.20 Å². The molecule has 0 bridgehead atoms.